The Hall–Kier alpha value is -1.07. The van der Waals surface area contributed by atoms with Crippen molar-refractivity contribution >= 4 is 27.9 Å². The van der Waals surface area contributed by atoms with Crippen LogP contribution in [0.1, 0.15) is 19.8 Å². The second-order valence-electron chi connectivity index (χ2n) is 4.37. The van der Waals surface area contributed by atoms with Gasteiger partial charge in [-0.2, -0.15) is 0 Å². The Morgan fingerprint density at radius 3 is 2.74 bits per heavy atom. The van der Waals surface area contributed by atoms with E-state index in [1.807, 2.05) is 12.1 Å². The molecule has 4 nitrogen and oxygen atoms in total. The molecule has 0 aliphatic carbocycles. The smallest absolute Gasteiger partial charge is 0.122 e. The minimum Gasteiger partial charge on any atom is -0.492 e. The Balaban J connectivity index is 2.39. The number of anilines is 1. The maximum absolute atomic E-state index is 10.4. The number of ether oxygens (including phenoxy) is 1. The van der Waals surface area contributed by atoms with Crippen LogP contribution in [0.15, 0.2) is 22.7 Å². The normalized spacial score (nSPS) is 10.7. The molecular formula is C14H21BrN2O2. The highest BCUT2D eigenvalue weighted by Crippen LogP contribution is 2.22. The van der Waals surface area contributed by atoms with Crippen LogP contribution >= 0.6 is 15.9 Å². The zero-order chi connectivity index (χ0) is 14.1. The van der Waals surface area contributed by atoms with Crippen molar-refractivity contribution < 1.29 is 9.53 Å². The zero-order valence-electron chi connectivity index (χ0n) is 11.3. The summed E-state index contributed by atoms with van der Waals surface area (Å²) in [5.74, 6) is 0.763. The van der Waals surface area contributed by atoms with Crippen molar-refractivity contribution in [2.24, 2.45) is 0 Å². The van der Waals surface area contributed by atoms with Crippen LogP contribution in [0.4, 0.5) is 5.69 Å². The first-order valence-electron chi connectivity index (χ1n) is 6.50. The van der Waals surface area contributed by atoms with Crippen LogP contribution < -0.4 is 10.5 Å². The summed E-state index contributed by atoms with van der Waals surface area (Å²) >= 11 is 3.38. The van der Waals surface area contributed by atoms with E-state index in [9.17, 15) is 4.79 Å². The van der Waals surface area contributed by atoms with E-state index < -0.39 is 0 Å². The predicted molar refractivity (Wildman–Crippen MR) is 81.5 cm³/mol. The van der Waals surface area contributed by atoms with Gasteiger partial charge in [-0.3, -0.25) is 4.90 Å². The summed E-state index contributed by atoms with van der Waals surface area (Å²) in [4.78, 5) is 12.6. The van der Waals surface area contributed by atoms with Gasteiger partial charge in [-0.25, -0.2) is 0 Å². The standard InChI is InChI=1S/C14H21BrN2O2/c1-2-4-17(5-3-7-18)6-8-19-14-10-12(15)9-13(16)11-14/h7,9-11H,2-6,8,16H2,1H3. The summed E-state index contributed by atoms with van der Waals surface area (Å²) in [7, 11) is 0. The van der Waals surface area contributed by atoms with Crippen LogP contribution in [0.25, 0.3) is 0 Å². The fourth-order valence-electron chi connectivity index (χ4n) is 1.85. The number of carbonyl (C=O) groups excluding carboxylic acids is 1. The molecule has 0 saturated carbocycles. The molecule has 0 saturated heterocycles. The van der Waals surface area contributed by atoms with Gasteiger partial charge in [0.15, 0.2) is 0 Å². The van der Waals surface area contributed by atoms with Gasteiger partial charge >= 0.3 is 0 Å². The molecule has 5 heteroatoms. The first kappa shape index (κ1) is 16.0. The van der Waals surface area contributed by atoms with Crippen molar-refractivity contribution in [1.29, 1.82) is 0 Å². The number of hydrogen-bond donors (Lipinski definition) is 1. The summed E-state index contributed by atoms with van der Waals surface area (Å²) in [5.41, 5.74) is 6.42. The summed E-state index contributed by atoms with van der Waals surface area (Å²) in [6, 6.07) is 5.53. The van der Waals surface area contributed by atoms with Gasteiger partial charge in [-0.05, 0) is 25.1 Å². The molecule has 0 aliphatic rings. The summed E-state index contributed by atoms with van der Waals surface area (Å²) < 4.78 is 6.60. The molecule has 0 unspecified atom stereocenters. The molecule has 1 aromatic rings. The van der Waals surface area contributed by atoms with Crippen LogP contribution in [0, 0.1) is 0 Å². The summed E-state index contributed by atoms with van der Waals surface area (Å²) in [5, 5.41) is 0. The molecule has 2 N–H and O–H groups in total. The molecule has 0 bridgehead atoms. The van der Waals surface area contributed by atoms with Crippen molar-refractivity contribution in [3.05, 3.63) is 22.7 Å². The summed E-state index contributed by atoms with van der Waals surface area (Å²) in [6.45, 7) is 5.31. The third-order valence-corrected chi connectivity index (χ3v) is 3.13. The molecule has 106 valence electrons. The lowest BCUT2D eigenvalue weighted by atomic mass is 10.3. The van der Waals surface area contributed by atoms with E-state index in [0.29, 0.717) is 18.7 Å². The van der Waals surface area contributed by atoms with Gasteiger partial charge in [-0.15, -0.1) is 0 Å². The van der Waals surface area contributed by atoms with E-state index in [0.717, 1.165) is 42.6 Å². The Bertz CT molecular complexity index is 379. The molecule has 1 rings (SSSR count). The third kappa shape index (κ3) is 6.59. The Kier molecular flexibility index (Phi) is 7.52. The van der Waals surface area contributed by atoms with Crippen molar-refractivity contribution in [3.8, 4) is 5.75 Å². The van der Waals surface area contributed by atoms with E-state index >= 15 is 0 Å². The van der Waals surface area contributed by atoms with E-state index in [4.69, 9.17) is 10.5 Å². The lowest BCUT2D eigenvalue weighted by molar-refractivity contribution is -0.108. The number of carbonyl (C=O) groups is 1. The molecule has 0 heterocycles. The minimum atomic E-state index is 0.573. The Morgan fingerprint density at radius 2 is 2.11 bits per heavy atom. The highest BCUT2D eigenvalue weighted by Gasteiger charge is 2.04. The zero-order valence-corrected chi connectivity index (χ0v) is 12.9. The SMILES string of the molecule is CCCN(CCC=O)CCOc1cc(N)cc(Br)c1. The van der Waals surface area contributed by atoms with E-state index in [2.05, 4.69) is 27.8 Å². The molecule has 0 radical (unpaired) electrons. The van der Waals surface area contributed by atoms with E-state index in [-0.39, 0.29) is 0 Å². The summed E-state index contributed by atoms with van der Waals surface area (Å²) in [6.07, 6.45) is 2.60. The Morgan fingerprint density at radius 1 is 1.32 bits per heavy atom. The molecule has 0 atom stereocenters. The maximum atomic E-state index is 10.4. The average molecular weight is 329 g/mol. The fraction of sp³-hybridized carbons (Fsp3) is 0.500. The lowest BCUT2D eigenvalue weighted by Gasteiger charge is -2.20. The van der Waals surface area contributed by atoms with Crippen LogP contribution in [0.3, 0.4) is 0 Å². The molecule has 0 fully saturated rings. The van der Waals surface area contributed by atoms with Crippen molar-refractivity contribution in [1.82, 2.24) is 4.90 Å². The van der Waals surface area contributed by atoms with Crippen molar-refractivity contribution in [3.63, 3.8) is 0 Å². The number of nitrogens with two attached hydrogens (primary N) is 1. The number of rotatable bonds is 9. The Labute approximate surface area is 123 Å². The van der Waals surface area contributed by atoms with Crippen LogP contribution in [-0.4, -0.2) is 37.4 Å². The fourth-order valence-corrected chi connectivity index (χ4v) is 2.34. The third-order valence-electron chi connectivity index (χ3n) is 2.67. The monoisotopic (exact) mass is 328 g/mol. The van der Waals surface area contributed by atoms with Gasteiger partial charge in [0.25, 0.3) is 0 Å². The number of benzene rings is 1. The van der Waals surface area contributed by atoms with Crippen LogP contribution in [0.5, 0.6) is 5.75 Å². The molecule has 0 spiro atoms. The molecule has 19 heavy (non-hydrogen) atoms. The average Bonchev–Trinajstić information content (AvgIpc) is 2.34. The second kappa shape index (κ2) is 8.93. The maximum Gasteiger partial charge on any atom is 0.122 e. The van der Waals surface area contributed by atoms with Crippen LogP contribution in [-0.2, 0) is 4.79 Å². The van der Waals surface area contributed by atoms with Gasteiger partial charge in [-0.1, -0.05) is 22.9 Å². The van der Waals surface area contributed by atoms with Gasteiger partial charge in [0.2, 0.25) is 0 Å². The number of halogens is 1. The van der Waals surface area contributed by atoms with Crippen molar-refractivity contribution in [2.75, 3.05) is 32.0 Å². The van der Waals surface area contributed by atoms with Gasteiger partial charge in [0, 0.05) is 35.7 Å². The molecule has 0 aliphatic heterocycles. The first-order chi connectivity index (χ1) is 9.15. The quantitative estimate of drug-likeness (QED) is 0.559. The molecule has 0 aromatic heterocycles. The highest BCUT2D eigenvalue weighted by atomic mass is 79.9. The number of nitrogens with zero attached hydrogens (tertiary/aromatic N) is 1. The van der Waals surface area contributed by atoms with Crippen LogP contribution in [0.2, 0.25) is 0 Å². The topological polar surface area (TPSA) is 55.6 Å². The van der Waals surface area contributed by atoms with Crippen molar-refractivity contribution in [2.45, 2.75) is 19.8 Å². The molecular weight excluding hydrogens is 308 g/mol. The van der Waals surface area contributed by atoms with E-state index in [1.54, 1.807) is 6.07 Å². The number of nitrogen functional groups attached to an aromatic ring is 1. The minimum absolute atomic E-state index is 0.573. The lowest BCUT2D eigenvalue weighted by Crippen LogP contribution is -2.30. The van der Waals surface area contributed by atoms with E-state index in [1.165, 1.54) is 0 Å². The van der Waals surface area contributed by atoms with Gasteiger partial charge in [0.05, 0.1) is 0 Å². The second-order valence-corrected chi connectivity index (χ2v) is 5.28. The first-order valence-corrected chi connectivity index (χ1v) is 7.30. The van der Waals surface area contributed by atoms with Gasteiger partial charge < -0.3 is 15.3 Å². The molecule has 0 amide bonds. The highest BCUT2D eigenvalue weighted by molar-refractivity contribution is 9.10. The molecule has 1 aromatic carbocycles. The number of hydrogen-bond acceptors (Lipinski definition) is 4. The van der Waals surface area contributed by atoms with Gasteiger partial charge in [0.1, 0.15) is 18.6 Å². The largest absolute Gasteiger partial charge is 0.492 e. The number of aldehydes is 1. The predicted octanol–water partition coefficient (Wildman–Crippen LogP) is 2.71.